The number of rotatable bonds is 3. The lowest BCUT2D eigenvalue weighted by molar-refractivity contribution is 0.332. The Morgan fingerprint density at radius 2 is 2.12 bits per heavy atom. The van der Waals surface area contributed by atoms with E-state index in [4.69, 9.17) is 17.3 Å². The van der Waals surface area contributed by atoms with Gasteiger partial charge in [-0.15, -0.1) is 0 Å². The van der Waals surface area contributed by atoms with Gasteiger partial charge in [0.05, 0.1) is 0 Å². The first-order valence-corrected chi connectivity index (χ1v) is 6.82. The van der Waals surface area contributed by atoms with E-state index in [0.717, 1.165) is 22.8 Å². The van der Waals surface area contributed by atoms with Crippen molar-refractivity contribution in [3.8, 4) is 0 Å². The summed E-state index contributed by atoms with van der Waals surface area (Å²) in [7, 11) is 0. The Bertz CT molecular complexity index is 378. The van der Waals surface area contributed by atoms with Crippen molar-refractivity contribution in [1.29, 1.82) is 0 Å². The largest absolute Gasteiger partial charge is 0.382 e. The summed E-state index contributed by atoms with van der Waals surface area (Å²) in [5.41, 5.74) is 8.14. The van der Waals surface area contributed by atoms with Gasteiger partial charge >= 0.3 is 0 Å². The highest BCUT2D eigenvalue weighted by Crippen LogP contribution is 2.29. The summed E-state index contributed by atoms with van der Waals surface area (Å²) in [5.74, 6) is 0.599. The number of halogens is 1. The van der Waals surface area contributed by atoms with Crippen LogP contribution >= 0.6 is 11.6 Å². The molecule has 1 aliphatic rings. The molecule has 0 amide bonds. The molecular weight excluding hydrogens is 232 g/mol. The highest BCUT2D eigenvalue weighted by atomic mass is 35.5. The van der Waals surface area contributed by atoms with Crippen molar-refractivity contribution in [1.82, 2.24) is 0 Å². The van der Waals surface area contributed by atoms with E-state index in [0.29, 0.717) is 12.0 Å². The molecule has 3 N–H and O–H groups in total. The highest BCUT2D eigenvalue weighted by Gasteiger charge is 2.24. The van der Waals surface area contributed by atoms with Crippen molar-refractivity contribution in [2.75, 3.05) is 11.9 Å². The molecular formula is C14H21ClN2. The Kier molecular flexibility index (Phi) is 4.30. The van der Waals surface area contributed by atoms with Crippen LogP contribution in [-0.2, 0) is 0 Å². The molecule has 1 aromatic rings. The maximum Gasteiger partial charge on any atom is 0.0455 e. The standard InChI is InChI=1S/C14H21ClN2/c1-10-12(15)6-4-8-13(10)17-14-7-3-2-5-11(14)9-16/h4,6,8,11,14,17H,2-3,5,7,9,16H2,1H3. The van der Waals surface area contributed by atoms with Crippen molar-refractivity contribution < 1.29 is 0 Å². The SMILES string of the molecule is Cc1c(Cl)cccc1NC1CCCCC1CN. The summed E-state index contributed by atoms with van der Waals surface area (Å²) in [6, 6.07) is 6.54. The third-order valence-corrected chi connectivity index (χ3v) is 4.23. The lowest BCUT2D eigenvalue weighted by Crippen LogP contribution is -2.36. The van der Waals surface area contributed by atoms with Crippen LogP contribution in [0.1, 0.15) is 31.2 Å². The normalized spacial score (nSPS) is 24.6. The van der Waals surface area contributed by atoms with Crippen LogP contribution in [0.4, 0.5) is 5.69 Å². The predicted octanol–water partition coefficient (Wildman–Crippen LogP) is 3.58. The molecule has 1 saturated carbocycles. The van der Waals surface area contributed by atoms with Crippen molar-refractivity contribution in [3.63, 3.8) is 0 Å². The monoisotopic (exact) mass is 252 g/mol. The van der Waals surface area contributed by atoms with Crippen LogP contribution in [0.25, 0.3) is 0 Å². The van der Waals surface area contributed by atoms with E-state index in [1.54, 1.807) is 0 Å². The maximum atomic E-state index is 6.14. The fraction of sp³-hybridized carbons (Fsp3) is 0.571. The van der Waals surface area contributed by atoms with Crippen LogP contribution in [0.15, 0.2) is 18.2 Å². The van der Waals surface area contributed by atoms with E-state index in [-0.39, 0.29) is 0 Å². The Morgan fingerprint density at radius 3 is 2.88 bits per heavy atom. The molecule has 0 bridgehead atoms. The van der Waals surface area contributed by atoms with Crippen molar-refractivity contribution in [2.45, 2.75) is 38.6 Å². The average molecular weight is 253 g/mol. The quantitative estimate of drug-likeness (QED) is 0.863. The summed E-state index contributed by atoms with van der Waals surface area (Å²) in [6.07, 6.45) is 5.07. The Hall–Kier alpha value is -0.730. The molecule has 2 nitrogen and oxygen atoms in total. The molecule has 94 valence electrons. The number of benzene rings is 1. The summed E-state index contributed by atoms with van der Waals surface area (Å²) in [5, 5.41) is 4.46. The van der Waals surface area contributed by atoms with E-state index < -0.39 is 0 Å². The van der Waals surface area contributed by atoms with Gasteiger partial charge in [-0.1, -0.05) is 30.5 Å². The molecule has 2 rings (SSSR count). The Balaban J connectivity index is 2.11. The predicted molar refractivity (Wildman–Crippen MR) is 74.6 cm³/mol. The van der Waals surface area contributed by atoms with Crippen LogP contribution in [0.3, 0.4) is 0 Å². The molecule has 0 saturated heterocycles. The van der Waals surface area contributed by atoms with Gasteiger partial charge in [-0.25, -0.2) is 0 Å². The number of nitrogens with two attached hydrogens (primary N) is 1. The molecule has 0 heterocycles. The molecule has 17 heavy (non-hydrogen) atoms. The summed E-state index contributed by atoms with van der Waals surface area (Å²) in [4.78, 5) is 0. The van der Waals surface area contributed by atoms with Gasteiger partial charge in [0.1, 0.15) is 0 Å². The zero-order valence-electron chi connectivity index (χ0n) is 10.4. The number of anilines is 1. The summed E-state index contributed by atoms with van der Waals surface area (Å²) < 4.78 is 0. The molecule has 3 heteroatoms. The molecule has 1 fully saturated rings. The van der Waals surface area contributed by atoms with Crippen molar-refractivity contribution in [3.05, 3.63) is 28.8 Å². The van der Waals surface area contributed by atoms with Gasteiger partial charge in [0.15, 0.2) is 0 Å². The second kappa shape index (κ2) is 5.74. The van der Waals surface area contributed by atoms with Gasteiger partial charge in [-0.05, 0) is 49.9 Å². The maximum absolute atomic E-state index is 6.14. The van der Waals surface area contributed by atoms with E-state index in [9.17, 15) is 0 Å². The molecule has 1 aliphatic carbocycles. The lowest BCUT2D eigenvalue weighted by Gasteiger charge is -2.32. The van der Waals surface area contributed by atoms with Gasteiger partial charge in [-0.3, -0.25) is 0 Å². The molecule has 2 atom stereocenters. The van der Waals surface area contributed by atoms with Gasteiger partial charge in [0.25, 0.3) is 0 Å². The van der Waals surface area contributed by atoms with Crippen LogP contribution < -0.4 is 11.1 Å². The molecule has 0 spiro atoms. The zero-order valence-corrected chi connectivity index (χ0v) is 11.1. The minimum absolute atomic E-state index is 0.505. The van der Waals surface area contributed by atoms with Gasteiger partial charge in [0, 0.05) is 16.8 Å². The fourth-order valence-corrected chi connectivity index (χ4v) is 2.82. The summed E-state index contributed by atoms with van der Waals surface area (Å²) in [6.45, 7) is 2.84. The third kappa shape index (κ3) is 2.93. The van der Waals surface area contributed by atoms with Crippen LogP contribution in [0.5, 0.6) is 0 Å². The number of hydrogen-bond donors (Lipinski definition) is 2. The smallest absolute Gasteiger partial charge is 0.0455 e. The van der Waals surface area contributed by atoms with Gasteiger partial charge in [-0.2, -0.15) is 0 Å². The van der Waals surface area contributed by atoms with Gasteiger partial charge < -0.3 is 11.1 Å². The second-order valence-electron chi connectivity index (χ2n) is 4.94. The minimum Gasteiger partial charge on any atom is -0.382 e. The topological polar surface area (TPSA) is 38.0 Å². The van der Waals surface area contributed by atoms with Crippen molar-refractivity contribution in [2.24, 2.45) is 11.7 Å². The molecule has 1 aromatic carbocycles. The van der Waals surface area contributed by atoms with E-state index >= 15 is 0 Å². The van der Waals surface area contributed by atoms with E-state index in [1.807, 2.05) is 12.1 Å². The Morgan fingerprint density at radius 1 is 1.35 bits per heavy atom. The van der Waals surface area contributed by atoms with Crippen LogP contribution in [0, 0.1) is 12.8 Å². The number of hydrogen-bond acceptors (Lipinski definition) is 2. The van der Waals surface area contributed by atoms with Crippen molar-refractivity contribution >= 4 is 17.3 Å². The van der Waals surface area contributed by atoms with Crippen LogP contribution in [0.2, 0.25) is 5.02 Å². The number of nitrogens with one attached hydrogen (secondary N) is 1. The van der Waals surface area contributed by atoms with Gasteiger partial charge in [0.2, 0.25) is 0 Å². The first-order chi connectivity index (χ1) is 8.22. The minimum atomic E-state index is 0.505. The highest BCUT2D eigenvalue weighted by molar-refractivity contribution is 6.31. The molecule has 2 unspecified atom stereocenters. The third-order valence-electron chi connectivity index (χ3n) is 3.82. The molecule has 0 aliphatic heterocycles. The lowest BCUT2D eigenvalue weighted by atomic mass is 9.84. The molecule has 0 aromatic heterocycles. The summed E-state index contributed by atoms with van der Waals surface area (Å²) >= 11 is 6.14. The van der Waals surface area contributed by atoms with Crippen LogP contribution in [-0.4, -0.2) is 12.6 Å². The first-order valence-electron chi connectivity index (χ1n) is 6.44. The first kappa shape index (κ1) is 12.7. The van der Waals surface area contributed by atoms with E-state index in [1.165, 1.54) is 25.7 Å². The zero-order chi connectivity index (χ0) is 12.3. The fourth-order valence-electron chi connectivity index (χ4n) is 2.64. The van der Waals surface area contributed by atoms with E-state index in [2.05, 4.69) is 18.3 Å². The second-order valence-corrected chi connectivity index (χ2v) is 5.35. The Labute approximate surface area is 109 Å². The average Bonchev–Trinajstić information content (AvgIpc) is 2.35. The molecule has 0 radical (unpaired) electrons.